The molecule has 2 atom stereocenters. The van der Waals surface area contributed by atoms with Gasteiger partial charge in [-0.15, -0.1) is 0 Å². The van der Waals surface area contributed by atoms with Crippen LogP contribution in [0.25, 0.3) is 0 Å². The summed E-state index contributed by atoms with van der Waals surface area (Å²) in [5, 5.41) is 11.1. The highest BCUT2D eigenvalue weighted by molar-refractivity contribution is 5.69. The lowest BCUT2D eigenvalue weighted by Gasteiger charge is -2.43. The average molecular weight is 381 g/mol. The molecule has 2 aromatic rings. The number of para-hydroxylation sites is 1. The van der Waals surface area contributed by atoms with Gasteiger partial charge in [0.25, 0.3) is 0 Å². The third-order valence-corrected chi connectivity index (χ3v) is 5.85. The normalized spacial score (nSPS) is 26.1. The van der Waals surface area contributed by atoms with Crippen molar-refractivity contribution in [3.8, 4) is 5.75 Å². The van der Waals surface area contributed by atoms with E-state index in [4.69, 9.17) is 9.47 Å². The monoisotopic (exact) mass is 381 g/mol. The standard InChI is InChI=1S/C23H27NO4/c25-22(28-17-18-7-3-1-4-8-18)24-19-11-12-20(24)16-23(26,15-19)13-14-27-21-9-5-2-6-10-21/h1-10,19-20,26H,11-17H2. The van der Waals surface area contributed by atoms with Crippen molar-refractivity contribution in [2.24, 2.45) is 0 Å². The van der Waals surface area contributed by atoms with E-state index in [9.17, 15) is 9.90 Å². The smallest absolute Gasteiger partial charge is 0.410 e. The first-order valence-electron chi connectivity index (χ1n) is 10.0. The Morgan fingerprint density at radius 2 is 1.61 bits per heavy atom. The van der Waals surface area contributed by atoms with E-state index in [-0.39, 0.29) is 24.8 Å². The third-order valence-electron chi connectivity index (χ3n) is 5.85. The molecule has 0 saturated carbocycles. The van der Waals surface area contributed by atoms with E-state index >= 15 is 0 Å². The zero-order valence-electron chi connectivity index (χ0n) is 16.0. The summed E-state index contributed by atoms with van der Waals surface area (Å²) in [7, 11) is 0. The van der Waals surface area contributed by atoms with Crippen molar-refractivity contribution >= 4 is 6.09 Å². The fraction of sp³-hybridized carbons (Fsp3) is 0.435. The zero-order chi connectivity index (χ0) is 19.4. The number of hydrogen-bond donors (Lipinski definition) is 1. The quantitative estimate of drug-likeness (QED) is 0.817. The Balaban J connectivity index is 1.30. The summed E-state index contributed by atoms with van der Waals surface area (Å²) >= 11 is 0. The second-order valence-corrected chi connectivity index (χ2v) is 7.88. The summed E-state index contributed by atoms with van der Waals surface area (Å²) in [6, 6.07) is 19.5. The molecule has 5 nitrogen and oxygen atoms in total. The number of rotatable bonds is 6. The molecule has 148 valence electrons. The SMILES string of the molecule is O=C(OCc1ccccc1)N1C2CCC1CC(O)(CCOc1ccccc1)C2. The Labute approximate surface area is 165 Å². The van der Waals surface area contributed by atoms with Crippen LogP contribution in [0, 0.1) is 0 Å². The molecule has 4 rings (SSSR count). The molecule has 0 aromatic heterocycles. The van der Waals surface area contributed by atoms with Crippen LogP contribution < -0.4 is 4.74 Å². The van der Waals surface area contributed by atoms with Crippen LogP contribution in [0.1, 0.15) is 37.7 Å². The summed E-state index contributed by atoms with van der Waals surface area (Å²) in [6.45, 7) is 0.753. The van der Waals surface area contributed by atoms with Gasteiger partial charge in [0.1, 0.15) is 12.4 Å². The molecule has 5 heteroatoms. The van der Waals surface area contributed by atoms with Crippen molar-refractivity contribution < 1.29 is 19.4 Å². The number of carbonyl (C=O) groups excluding carboxylic acids is 1. The van der Waals surface area contributed by atoms with E-state index in [0.717, 1.165) is 24.2 Å². The molecule has 2 saturated heterocycles. The number of hydrogen-bond acceptors (Lipinski definition) is 4. The molecule has 2 unspecified atom stereocenters. The minimum atomic E-state index is -0.781. The Morgan fingerprint density at radius 1 is 1.00 bits per heavy atom. The summed E-state index contributed by atoms with van der Waals surface area (Å²) in [4.78, 5) is 14.5. The van der Waals surface area contributed by atoms with Crippen molar-refractivity contribution in [1.29, 1.82) is 0 Å². The molecule has 1 N–H and O–H groups in total. The first-order chi connectivity index (χ1) is 13.6. The Bertz CT molecular complexity index is 766. The third kappa shape index (κ3) is 4.30. The molecule has 2 bridgehead atoms. The van der Waals surface area contributed by atoms with Crippen molar-refractivity contribution in [3.05, 3.63) is 66.2 Å². The lowest BCUT2D eigenvalue weighted by Crippen LogP contribution is -2.53. The second kappa shape index (κ2) is 8.23. The van der Waals surface area contributed by atoms with Gasteiger partial charge >= 0.3 is 6.09 Å². The highest BCUT2D eigenvalue weighted by Gasteiger charge is 2.49. The van der Waals surface area contributed by atoms with Gasteiger partial charge in [-0.3, -0.25) is 0 Å². The number of fused-ring (bicyclic) bond motifs is 2. The predicted molar refractivity (Wildman–Crippen MR) is 106 cm³/mol. The van der Waals surface area contributed by atoms with Gasteiger partial charge in [0.05, 0.1) is 12.2 Å². The summed E-state index contributed by atoms with van der Waals surface area (Å²) < 4.78 is 11.3. The lowest BCUT2D eigenvalue weighted by molar-refractivity contribution is -0.0597. The largest absolute Gasteiger partial charge is 0.493 e. The lowest BCUT2D eigenvalue weighted by atomic mass is 9.84. The fourth-order valence-electron chi connectivity index (χ4n) is 4.49. The van der Waals surface area contributed by atoms with E-state index in [1.807, 2.05) is 65.6 Å². The van der Waals surface area contributed by atoms with Crippen LogP contribution in [-0.4, -0.2) is 40.4 Å². The molecule has 2 aliphatic heterocycles. The van der Waals surface area contributed by atoms with Crippen LogP contribution in [0.15, 0.2) is 60.7 Å². The van der Waals surface area contributed by atoms with Crippen molar-refractivity contribution in [2.75, 3.05) is 6.61 Å². The molecular weight excluding hydrogens is 354 g/mol. The Morgan fingerprint density at radius 3 is 2.25 bits per heavy atom. The number of aliphatic hydroxyl groups is 1. The number of amides is 1. The maximum Gasteiger partial charge on any atom is 0.410 e. The van der Waals surface area contributed by atoms with E-state index in [2.05, 4.69) is 0 Å². The van der Waals surface area contributed by atoms with Crippen LogP contribution in [0.5, 0.6) is 5.75 Å². The average Bonchev–Trinajstić information content (AvgIpc) is 3.00. The summed E-state index contributed by atoms with van der Waals surface area (Å²) in [5.41, 5.74) is 0.200. The molecule has 0 spiro atoms. The van der Waals surface area contributed by atoms with Crippen LogP contribution in [0.2, 0.25) is 0 Å². The van der Waals surface area contributed by atoms with Crippen LogP contribution in [0.3, 0.4) is 0 Å². The van der Waals surface area contributed by atoms with Gasteiger partial charge in [0, 0.05) is 18.5 Å². The topological polar surface area (TPSA) is 59.0 Å². The number of piperidine rings is 1. The minimum Gasteiger partial charge on any atom is -0.493 e. The van der Waals surface area contributed by atoms with Crippen LogP contribution >= 0.6 is 0 Å². The summed E-state index contributed by atoms with van der Waals surface area (Å²) in [6.07, 6.45) is 3.32. The first kappa shape index (κ1) is 18.8. The molecular formula is C23H27NO4. The molecule has 2 fully saturated rings. The minimum absolute atomic E-state index is 0.0451. The first-order valence-corrected chi connectivity index (χ1v) is 10.0. The number of ether oxygens (including phenoxy) is 2. The molecule has 0 radical (unpaired) electrons. The zero-order valence-corrected chi connectivity index (χ0v) is 16.0. The van der Waals surface area contributed by atoms with E-state index in [1.54, 1.807) is 0 Å². The van der Waals surface area contributed by atoms with Gasteiger partial charge in [-0.05, 0) is 43.4 Å². The highest BCUT2D eigenvalue weighted by atomic mass is 16.6. The van der Waals surface area contributed by atoms with Crippen LogP contribution in [-0.2, 0) is 11.3 Å². The van der Waals surface area contributed by atoms with E-state index < -0.39 is 5.60 Å². The highest BCUT2D eigenvalue weighted by Crippen LogP contribution is 2.42. The predicted octanol–water partition coefficient (Wildman–Crippen LogP) is 4.15. The van der Waals surface area contributed by atoms with Gasteiger partial charge < -0.3 is 19.5 Å². The van der Waals surface area contributed by atoms with E-state index in [0.29, 0.717) is 25.9 Å². The molecule has 2 aromatic carbocycles. The van der Waals surface area contributed by atoms with Crippen molar-refractivity contribution in [3.63, 3.8) is 0 Å². The number of nitrogens with zero attached hydrogens (tertiary/aromatic N) is 1. The van der Waals surface area contributed by atoms with Gasteiger partial charge in [0.2, 0.25) is 0 Å². The van der Waals surface area contributed by atoms with Gasteiger partial charge in [-0.25, -0.2) is 4.79 Å². The summed E-state index contributed by atoms with van der Waals surface area (Å²) in [5.74, 6) is 0.816. The van der Waals surface area contributed by atoms with Gasteiger partial charge in [0.15, 0.2) is 0 Å². The van der Waals surface area contributed by atoms with Gasteiger partial charge in [-0.1, -0.05) is 48.5 Å². The fourth-order valence-corrected chi connectivity index (χ4v) is 4.49. The van der Waals surface area contributed by atoms with Crippen LogP contribution in [0.4, 0.5) is 4.79 Å². The van der Waals surface area contributed by atoms with Crippen molar-refractivity contribution in [1.82, 2.24) is 4.90 Å². The molecule has 2 aliphatic rings. The maximum absolute atomic E-state index is 12.6. The maximum atomic E-state index is 12.6. The Hall–Kier alpha value is -2.53. The Kier molecular flexibility index (Phi) is 5.53. The molecule has 28 heavy (non-hydrogen) atoms. The second-order valence-electron chi connectivity index (χ2n) is 7.88. The van der Waals surface area contributed by atoms with E-state index in [1.165, 1.54) is 0 Å². The number of benzene rings is 2. The number of carbonyl (C=O) groups is 1. The molecule has 1 amide bonds. The van der Waals surface area contributed by atoms with Gasteiger partial charge in [-0.2, -0.15) is 0 Å². The van der Waals surface area contributed by atoms with Crippen molar-refractivity contribution in [2.45, 2.75) is 56.4 Å². The molecule has 2 heterocycles. The molecule has 0 aliphatic carbocycles.